The topological polar surface area (TPSA) is 24.5 Å². The molecule has 0 aliphatic carbocycles. The molecular weight excluding hydrogens is 248 g/mol. The van der Waals surface area contributed by atoms with Gasteiger partial charge in [-0.15, -0.1) is 0 Å². The van der Waals surface area contributed by atoms with Crippen molar-refractivity contribution in [3.63, 3.8) is 0 Å². The largest absolute Gasteiger partial charge is 0.496 e. The lowest BCUT2D eigenvalue weighted by atomic mass is 9.99. The molecule has 2 rings (SSSR count). The maximum Gasteiger partial charge on any atom is 0.125 e. The number of nitrogens with one attached hydrogen (secondary N) is 1. The van der Waals surface area contributed by atoms with E-state index in [1.54, 1.807) is 7.11 Å². The number of hydrogen-bond donors (Lipinski definition) is 1. The summed E-state index contributed by atoms with van der Waals surface area (Å²) in [5.74, 6) is 1.67. The Morgan fingerprint density at radius 2 is 2.05 bits per heavy atom. The molecule has 1 fully saturated rings. The third-order valence-electron chi connectivity index (χ3n) is 4.51. The second kappa shape index (κ2) is 6.49. The van der Waals surface area contributed by atoms with Crippen molar-refractivity contribution in [2.45, 2.75) is 45.7 Å². The summed E-state index contributed by atoms with van der Waals surface area (Å²) in [5.41, 5.74) is 2.62. The number of ether oxygens (including phenoxy) is 1. The van der Waals surface area contributed by atoms with E-state index in [0.29, 0.717) is 12.0 Å². The van der Waals surface area contributed by atoms with E-state index in [1.165, 1.54) is 24.1 Å². The normalized spacial score (nSPS) is 20.5. The van der Waals surface area contributed by atoms with Crippen molar-refractivity contribution < 1.29 is 4.74 Å². The Morgan fingerprint density at radius 1 is 1.30 bits per heavy atom. The molecule has 0 bridgehead atoms. The van der Waals surface area contributed by atoms with Crippen LogP contribution in [0.4, 0.5) is 5.69 Å². The lowest BCUT2D eigenvalue weighted by Gasteiger charge is -2.33. The molecule has 1 aromatic carbocycles. The van der Waals surface area contributed by atoms with Crippen LogP contribution in [-0.2, 0) is 0 Å². The van der Waals surface area contributed by atoms with E-state index in [9.17, 15) is 0 Å². The molecule has 3 heteroatoms. The summed E-state index contributed by atoms with van der Waals surface area (Å²) in [7, 11) is 3.76. The minimum Gasteiger partial charge on any atom is -0.496 e. The van der Waals surface area contributed by atoms with Gasteiger partial charge in [0.25, 0.3) is 0 Å². The highest BCUT2D eigenvalue weighted by Gasteiger charge is 2.30. The maximum atomic E-state index is 5.60. The fourth-order valence-electron chi connectivity index (χ4n) is 3.33. The molecule has 0 aromatic heterocycles. The predicted molar refractivity (Wildman–Crippen MR) is 85.7 cm³/mol. The van der Waals surface area contributed by atoms with Crippen LogP contribution in [0.15, 0.2) is 18.2 Å². The van der Waals surface area contributed by atoms with Crippen LogP contribution < -0.4 is 15.0 Å². The van der Waals surface area contributed by atoms with E-state index in [0.717, 1.165) is 12.3 Å². The van der Waals surface area contributed by atoms with Crippen molar-refractivity contribution in [2.75, 3.05) is 25.6 Å². The Bertz CT molecular complexity index is 445. The summed E-state index contributed by atoms with van der Waals surface area (Å²) < 4.78 is 5.60. The quantitative estimate of drug-likeness (QED) is 0.889. The molecule has 1 heterocycles. The van der Waals surface area contributed by atoms with Crippen LogP contribution in [0.25, 0.3) is 0 Å². The minimum absolute atomic E-state index is 0.287. The zero-order chi connectivity index (χ0) is 14.7. The van der Waals surface area contributed by atoms with Gasteiger partial charge < -0.3 is 15.0 Å². The number of anilines is 1. The van der Waals surface area contributed by atoms with Gasteiger partial charge in [0.1, 0.15) is 5.75 Å². The van der Waals surface area contributed by atoms with E-state index in [2.05, 4.69) is 49.2 Å². The fourth-order valence-corrected chi connectivity index (χ4v) is 3.33. The van der Waals surface area contributed by atoms with Gasteiger partial charge in [-0.25, -0.2) is 0 Å². The first kappa shape index (κ1) is 15.2. The van der Waals surface area contributed by atoms with Crippen molar-refractivity contribution in [1.82, 2.24) is 5.32 Å². The van der Waals surface area contributed by atoms with E-state index in [1.807, 2.05) is 7.05 Å². The van der Waals surface area contributed by atoms with Gasteiger partial charge in [-0.05, 0) is 44.9 Å². The highest BCUT2D eigenvalue weighted by atomic mass is 16.5. The minimum atomic E-state index is 0.287. The molecule has 0 radical (unpaired) electrons. The molecular formula is C17H28N2O. The lowest BCUT2D eigenvalue weighted by molar-refractivity contribution is 0.403. The SMILES string of the molecule is CNC(C)c1c(OC)cccc1N1CCCC1C(C)C. The van der Waals surface area contributed by atoms with Crippen molar-refractivity contribution in [1.29, 1.82) is 0 Å². The summed E-state index contributed by atoms with van der Waals surface area (Å²) in [6.07, 6.45) is 2.58. The van der Waals surface area contributed by atoms with Gasteiger partial charge in [0.2, 0.25) is 0 Å². The molecule has 20 heavy (non-hydrogen) atoms. The molecule has 1 aliphatic heterocycles. The van der Waals surface area contributed by atoms with Crippen molar-refractivity contribution in [2.24, 2.45) is 5.92 Å². The molecule has 0 spiro atoms. The summed E-state index contributed by atoms with van der Waals surface area (Å²) in [4.78, 5) is 2.58. The van der Waals surface area contributed by atoms with Gasteiger partial charge in [-0.1, -0.05) is 19.9 Å². The van der Waals surface area contributed by atoms with Crippen LogP contribution in [-0.4, -0.2) is 26.7 Å². The summed E-state index contributed by atoms with van der Waals surface area (Å²) >= 11 is 0. The Hall–Kier alpha value is -1.22. The smallest absolute Gasteiger partial charge is 0.125 e. The molecule has 0 saturated carbocycles. The van der Waals surface area contributed by atoms with E-state index >= 15 is 0 Å². The Morgan fingerprint density at radius 3 is 2.65 bits per heavy atom. The molecule has 1 N–H and O–H groups in total. The molecule has 112 valence electrons. The van der Waals surface area contributed by atoms with Crippen molar-refractivity contribution in [3.05, 3.63) is 23.8 Å². The molecule has 0 amide bonds. The summed E-state index contributed by atoms with van der Waals surface area (Å²) in [6, 6.07) is 7.34. The number of benzene rings is 1. The Labute approximate surface area is 123 Å². The second-order valence-corrected chi connectivity index (χ2v) is 6.05. The highest BCUT2D eigenvalue weighted by molar-refractivity contribution is 5.62. The van der Waals surface area contributed by atoms with E-state index in [-0.39, 0.29) is 6.04 Å². The zero-order valence-corrected chi connectivity index (χ0v) is 13.4. The fraction of sp³-hybridized carbons (Fsp3) is 0.647. The van der Waals surface area contributed by atoms with Gasteiger partial charge >= 0.3 is 0 Å². The Kier molecular flexibility index (Phi) is 4.92. The maximum absolute atomic E-state index is 5.60. The van der Waals surface area contributed by atoms with Gasteiger partial charge in [-0.3, -0.25) is 0 Å². The van der Waals surface area contributed by atoms with Gasteiger partial charge in [0.05, 0.1) is 7.11 Å². The van der Waals surface area contributed by atoms with Crippen LogP contribution in [0, 0.1) is 5.92 Å². The van der Waals surface area contributed by atoms with E-state index in [4.69, 9.17) is 4.74 Å². The third-order valence-corrected chi connectivity index (χ3v) is 4.51. The van der Waals surface area contributed by atoms with Crippen LogP contribution in [0.5, 0.6) is 5.75 Å². The zero-order valence-electron chi connectivity index (χ0n) is 13.4. The monoisotopic (exact) mass is 276 g/mol. The van der Waals surface area contributed by atoms with E-state index < -0.39 is 0 Å². The number of methoxy groups -OCH3 is 1. The van der Waals surface area contributed by atoms with Crippen LogP contribution in [0.2, 0.25) is 0 Å². The highest BCUT2D eigenvalue weighted by Crippen LogP contribution is 2.39. The molecule has 2 atom stereocenters. The average Bonchev–Trinajstić information content (AvgIpc) is 2.95. The molecule has 1 saturated heterocycles. The van der Waals surface area contributed by atoms with Crippen LogP contribution in [0.3, 0.4) is 0 Å². The lowest BCUT2D eigenvalue weighted by Crippen LogP contribution is -2.34. The van der Waals surface area contributed by atoms with Gasteiger partial charge in [0, 0.05) is 29.9 Å². The first-order chi connectivity index (χ1) is 9.60. The number of nitrogens with zero attached hydrogens (tertiary/aromatic N) is 1. The third kappa shape index (κ3) is 2.78. The number of hydrogen-bond acceptors (Lipinski definition) is 3. The summed E-state index contributed by atoms with van der Waals surface area (Å²) in [5, 5.41) is 3.36. The molecule has 1 aromatic rings. The Balaban J connectivity index is 2.45. The molecule has 1 aliphatic rings. The summed E-state index contributed by atoms with van der Waals surface area (Å²) in [6.45, 7) is 8.00. The first-order valence-electron chi connectivity index (χ1n) is 7.71. The average molecular weight is 276 g/mol. The van der Waals surface area contributed by atoms with Crippen LogP contribution >= 0.6 is 0 Å². The van der Waals surface area contributed by atoms with Crippen LogP contribution in [0.1, 0.15) is 45.2 Å². The molecule has 2 unspecified atom stereocenters. The standard InChI is InChI=1S/C17H28N2O/c1-12(2)14-9-7-11-19(14)15-8-6-10-16(20-5)17(15)13(3)18-4/h6,8,10,12-14,18H,7,9,11H2,1-5H3. The van der Waals surface area contributed by atoms with Crippen molar-refractivity contribution in [3.8, 4) is 5.75 Å². The molecule has 3 nitrogen and oxygen atoms in total. The second-order valence-electron chi connectivity index (χ2n) is 6.05. The number of rotatable bonds is 5. The van der Waals surface area contributed by atoms with Crippen molar-refractivity contribution >= 4 is 5.69 Å². The first-order valence-corrected chi connectivity index (χ1v) is 7.71. The predicted octanol–water partition coefficient (Wildman–Crippen LogP) is 3.60. The van der Waals surface area contributed by atoms with Gasteiger partial charge in [0.15, 0.2) is 0 Å². The van der Waals surface area contributed by atoms with Gasteiger partial charge in [-0.2, -0.15) is 0 Å².